The first-order chi connectivity index (χ1) is 14.2. The lowest BCUT2D eigenvalue weighted by Crippen LogP contribution is -2.39. The quantitative estimate of drug-likeness (QED) is 0.573. The molecule has 1 saturated carbocycles. The molecule has 1 fully saturated rings. The summed E-state index contributed by atoms with van der Waals surface area (Å²) in [6.07, 6.45) is 6.41. The fourth-order valence-electron chi connectivity index (χ4n) is 4.21. The number of nitrogens with one attached hydrogen (secondary N) is 2. The van der Waals surface area contributed by atoms with Crippen molar-refractivity contribution in [1.82, 2.24) is 10.6 Å². The second-order valence-corrected chi connectivity index (χ2v) is 8.20. The molecule has 0 bridgehead atoms. The van der Waals surface area contributed by atoms with Crippen molar-refractivity contribution in [3.8, 4) is 0 Å². The van der Waals surface area contributed by atoms with Gasteiger partial charge in [0.25, 0.3) is 0 Å². The third-order valence-corrected chi connectivity index (χ3v) is 5.87. The lowest BCUT2D eigenvalue weighted by molar-refractivity contribution is -0.121. The molecule has 4 nitrogen and oxygen atoms in total. The van der Waals surface area contributed by atoms with Gasteiger partial charge in [0, 0.05) is 25.4 Å². The zero-order chi connectivity index (χ0) is 20.3. The van der Waals surface area contributed by atoms with Crippen LogP contribution in [-0.4, -0.2) is 36.8 Å². The molecule has 3 N–H and O–H groups in total. The minimum absolute atomic E-state index is 0.0129. The highest BCUT2D eigenvalue weighted by molar-refractivity contribution is 5.77. The summed E-state index contributed by atoms with van der Waals surface area (Å²) in [6.45, 7) is 1.78. The summed E-state index contributed by atoms with van der Waals surface area (Å²) in [5.74, 6) is 0.719. The summed E-state index contributed by atoms with van der Waals surface area (Å²) in [5.41, 5.74) is 2.26. The summed E-state index contributed by atoms with van der Waals surface area (Å²) >= 11 is 0. The van der Waals surface area contributed by atoms with Crippen molar-refractivity contribution in [3.05, 3.63) is 71.8 Å². The van der Waals surface area contributed by atoms with Gasteiger partial charge >= 0.3 is 0 Å². The van der Waals surface area contributed by atoms with Gasteiger partial charge in [-0.15, -0.1) is 0 Å². The number of hydrogen-bond acceptors (Lipinski definition) is 3. The number of aliphatic hydroxyl groups excluding tert-OH is 1. The highest BCUT2D eigenvalue weighted by atomic mass is 16.3. The van der Waals surface area contributed by atoms with Crippen LogP contribution in [0.4, 0.5) is 0 Å². The maximum atomic E-state index is 12.6. The Hall–Kier alpha value is -2.17. The van der Waals surface area contributed by atoms with E-state index in [9.17, 15) is 9.90 Å². The molecular weight excluding hydrogens is 360 g/mol. The average molecular weight is 395 g/mol. The second-order valence-electron chi connectivity index (χ2n) is 8.20. The van der Waals surface area contributed by atoms with Gasteiger partial charge in [0.2, 0.25) is 5.91 Å². The fourth-order valence-corrected chi connectivity index (χ4v) is 4.21. The molecular formula is C25H34N2O2. The molecule has 0 radical (unpaired) electrons. The third-order valence-electron chi connectivity index (χ3n) is 5.87. The largest absolute Gasteiger partial charge is 0.390 e. The molecule has 3 rings (SSSR count). The van der Waals surface area contributed by atoms with E-state index >= 15 is 0 Å². The van der Waals surface area contributed by atoms with Gasteiger partial charge in [-0.2, -0.15) is 0 Å². The monoisotopic (exact) mass is 394 g/mol. The second kappa shape index (κ2) is 11.7. The van der Waals surface area contributed by atoms with E-state index in [1.54, 1.807) is 0 Å². The van der Waals surface area contributed by atoms with Crippen molar-refractivity contribution in [2.75, 3.05) is 19.6 Å². The third kappa shape index (κ3) is 7.30. The van der Waals surface area contributed by atoms with Gasteiger partial charge in [-0.3, -0.25) is 4.79 Å². The maximum absolute atomic E-state index is 12.6. The topological polar surface area (TPSA) is 61.4 Å². The smallest absolute Gasteiger partial charge is 0.221 e. The van der Waals surface area contributed by atoms with Crippen LogP contribution in [0.3, 0.4) is 0 Å². The van der Waals surface area contributed by atoms with E-state index in [1.165, 1.54) is 32.1 Å². The Morgan fingerprint density at radius 2 is 1.48 bits per heavy atom. The van der Waals surface area contributed by atoms with Crippen LogP contribution in [0, 0.1) is 5.92 Å². The lowest BCUT2D eigenvalue weighted by Gasteiger charge is -2.23. The summed E-state index contributed by atoms with van der Waals surface area (Å²) in [5, 5.41) is 16.5. The number of aliphatic hydroxyl groups is 1. The molecule has 0 aromatic heterocycles. The Morgan fingerprint density at radius 3 is 2.07 bits per heavy atom. The van der Waals surface area contributed by atoms with E-state index in [1.807, 2.05) is 36.4 Å². The van der Waals surface area contributed by atoms with E-state index in [0.29, 0.717) is 13.0 Å². The Bertz CT molecular complexity index is 675. The van der Waals surface area contributed by atoms with Crippen molar-refractivity contribution in [3.63, 3.8) is 0 Å². The van der Waals surface area contributed by atoms with Crippen molar-refractivity contribution >= 4 is 5.91 Å². The van der Waals surface area contributed by atoms with E-state index in [4.69, 9.17) is 0 Å². The molecule has 0 spiro atoms. The van der Waals surface area contributed by atoms with Crippen LogP contribution in [-0.2, 0) is 4.79 Å². The van der Waals surface area contributed by atoms with Crippen LogP contribution in [0.1, 0.15) is 55.6 Å². The number of amides is 1. The first kappa shape index (κ1) is 21.5. The van der Waals surface area contributed by atoms with Crippen molar-refractivity contribution in [1.29, 1.82) is 0 Å². The van der Waals surface area contributed by atoms with Crippen LogP contribution in [0.2, 0.25) is 0 Å². The highest BCUT2D eigenvalue weighted by Gasteiger charge is 2.19. The van der Waals surface area contributed by atoms with E-state index in [2.05, 4.69) is 34.9 Å². The maximum Gasteiger partial charge on any atom is 0.221 e. The Labute approximate surface area is 174 Å². The van der Waals surface area contributed by atoms with Crippen LogP contribution in [0.5, 0.6) is 0 Å². The van der Waals surface area contributed by atoms with E-state index < -0.39 is 6.10 Å². The Morgan fingerprint density at radius 1 is 0.897 bits per heavy atom. The molecule has 1 atom stereocenters. The molecule has 29 heavy (non-hydrogen) atoms. The van der Waals surface area contributed by atoms with Crippen molar-refractivity contribution in [2.45, 2.75) is 50.5 Å². The molecule has 1 aliphatic carbocycles. The number of hydrogen-bond donors (Lipinski definition) is 3. The predicted molar refractivity (Wildman–Crippen MR) is 118 cm³/mol. The fraction of sp³-hybridized carbons (Fsp3) is 0.480. The number of benzene rings is 2. The van der Waals surface area contributed by atoms with E-state index in [0.717, 1.165) is 23.6 Å². The SMILES string of the molecule is O=C(CC(c1ccccc1)c1ccccc1)NCC(O)CNCC1CCCCC1. The van der Waals surface area contributed by atoms with Crippen LogP contribution >= 0.6 is 0 Å². The van der Waals surface area contributed by atoms with Crippen LogP contribution in [0.25, 0.3) is 0 Å². The highest BCUT2D eigenvalue weighted by Crippen LogP contribution is 2.27. The predicted octanol–water partition coefficient (Wildman–Crippen LogP) is 3.86. The minimum Gasteiger partial charge on any atom is -0.390 e. The lowest BCUT2D eigenvalue weighted by atomic mass is 9.88. The summed E-state index contributed by atoms with van der Waals surface area (Å²) in [6, 6.07) is 20.3. The van der Waals surface area contributed by atoms with E-state index in [-0.39, 0.29) is 18.4 Å². The van der Waals surface area contributed by atoms with Gasteiger partial charge in [0.1, 0.15) is 0 Å². The first-order valence-electron chi connectivity index (χ1n) is 11.0. The summed E-state index contributed by atoms with van der Waals surface area (Å²) in [4.78, 5) is 12.6. The Kier molecular flexibility index (Phi) is 8.72. The Balaban J connectivity index is 1.45. The average Bonchev–Trinajstić information content (AvgIpc) is 2.78. The molecule has 2 aromatic rings. The normalized spacial score (nSPS) is 15.9. The van der Waals surface area contributed by atoms with Gasteiger partial charge in [0.05, 0.1) is 6.10 Å². The van der Waals surface area contributed by atoms with Gasteiger partial charge in [-0.05, 0) is 36.4 Å². The van der Waals surface area contributed by atoms with Crippen LogP contribution < -0.4 is 10.6 Å². The van der Waals surface area contributed by atoms with Gasteiger partial charge < -0.3 is 15.7 Å². The molecule has 1 unspecified atom stereocenters. The summed E-state index contributed by atoms with van der Waals surface area (Å²) in [7, 11) is 0. The molecule has 4 heteroatoms. The first-order valence-corrected chi connectivity index (χ1v) is 11.0. The van der Waals surface area contributed by atoms with Gasteiger partial charge in [0.15, 0.2) is 0 Å². The van der Waals surface area contributed by atoms with Crippen molar-refractivity contribution in [2.24, 2.45) is 5.92 Å². The standard InChI is InChI=1S/C25H34N2O2/c28-23(18-26-17-20-10-4-1-5-11-20)19-27-25(29)16-24(21-12-6-2-7-13-21)22-14-8-3-9-15-22/h2-3,6-9,12-15,20,23-24,26,28H,1,4-5,10-11,16-19H2,(H,27,29). The zero-order valence-electron chi connectivity index (χ0n) is 17.2. The summed E-state index contributed by atoms with van der Waals surface area (Å²) < 4.78 is 0. The molecule has 0 saturated heterocycles. The molecule has 0 heterocycles. The number of rotatable bonds is 10. The molecule has 2 aromatic carbocycles. The van der Waals surface area contributed by atoms with Gasteiger partial charge in [-0.25, -0.2) is 0 Å². The molecule has 1 amide bonds. The number of carbonyl (C=O) groups is 1. The zero-order valence-corrected chi connectivity index (χ0v) is 17.2. The minimum atomic E-state index is -0.561. The van der Waals surface area contributed by atoms with Crippen molar-refractivity contribution < 1.29 is 9.90 Å². The number of carbonyl (C=O) groups excluding carboxylic acids is 1. The van der Waals surface area contributed by atoms with Crippen LogP contribution in [0.15, 0.2) is 60.7 Å². The molecule has 156 valence electrons. The van der Waals surface area contributed by atoms with Gasteiger partial charge in [-0.1, -0.05) is 79.9 Å². The molecule has 1 aliphatic rings. The molecule has 0 aliphatic heterocycles.